The highest BCUT2D eigenvalue weighted by Gasteiger charge is 2.50. The van der Waals surface area contributed by atoms with E-state index in [9.17, 15) is 19.8 Å². The average Bonchev–Trinajstić information content (AvgIpc) is 2.82. The third-order valence-corrected chi connectivity index (χ3v) is 8.93. The van der Waals surface area contributed by atoms with Crippen LogP contribution in [-0.4, -0.2) is 44.4 Å². The van der Waals surface area contributed by atoms with Crippen LogP contribution in [0.15, 0.2) is 24.3 Å². The van der Waals surface area contributed by atoms with Crippen LogP contribution in [0.1, 0.15) is 167 Å². The molecular formula is C39H59NO6. The molecule has 2 aromatic carbocycles. The summed E-state index contributed by atoms with van der Waals surface area (Å²) in [6.45, 7) is 32.0. The molecule has 3 rings (SSSR count). The standard InChI is InChI=1S/C39H59NO6/c1-34(2,3)26-17-23(18-27(30(26)41)35(4,5)6)32(43)45-25-21-38(13,14)40(39(15,16)22-25)46-33(44)24-19-28(36(7,8)9)31(42)29(20-24)37(10,11)12/h17-20,25,41-42H,21-22H2,1-16H3. The zero-order valence-corrected chi connectivity index (χ0v) is 31.3. The van der Waals surface area contributed by atoms with Gasteiger partial charge in [0.2, 0.25) is 0 Å². The van der Waals surface area contributed by atoms with Crippen molar-refractivity contribution in [1.82, 2.24) is 5.06 Å². The van der Waals surface area contributed by atoms with Crippen molar-refractivity contribution in [3.8, 4) is 11.5 Å². The van der Waals surface area contributed by atoms with E-state index in [0.29, 0.717) is 46.2 Å². The molecule has 0 aliphatic carbocycles. The first-order valence-corrected chi connectivity index (χ1v) is 16.5. The minimum absolute atomic E-state index is 0.206. The number of hydrogen-bond donors (Lipinski definition) is 2. The number of benzene rings is 2. The summed E-state index contributed by atoms with van der Waals surface area (Å²) in [6, 6.07) is 6.96. The second-order valence-corrected chi connectivity index (χ2v) is 18.6. The van der Waals surface area contributed by atoms with Gasteiger partial charge in [-0.2, -0.15) is 0 Å². The van der Waals surface area contributed by atoms with E-state index in [2.05, 4.69) is 0 Å². The SMILES string of the molecule is CC(C)(C)c1cc(C(=O)OC2CC(C)(C)N(OC(=O)c3cc(C(C)(C)C)c(O)c(C(C)(C)C)c3)C(C)(C)C2)cc(C(C)(C)C)c1O. The molecule has 1 aliphatic heterocycles. The van der Waals surface area contributed by atoms with E-state index < -0.39 is 29.1 Å². The number of carbonyl (C=O) groups is 2. The lowest BCUT2D eigenvalue weighted by molar-refractivity contribution is -0.255. The van der Waals surface area contributed by atoms with E-state index in [-0.39, 0.29) is 33.2 Å². The Labute approximate surface area is 277 Å². The number of phenolic OH excluding ortho intramolecular Hbond substituents is 2. The Bertz CT molecular complexity index is 1400. The van der Waals surface area contributed by atoms with Gasteiger partial charge in [0.25, 0.3) is 0 Å². The van der Waals surface area contributed by atoms with Crippen LogP contribution in [0.4, 0.5) is 0 Å². The Morgan fingerprint density at radius 2 is 0.891 bits per heavy atom. The second-order valence-electron chi connectivity index (χ2n) is 18.6. The summed E-state index contributed by atoms with van der Waals surface area (Å²) in [5.41, 5.74) is 0.710. The van der Waals surface area contributed by atoms with Crippen LogP contribution in [0.25, 0.3) is 0 Å². The van der Waals surface area contributed by atoms with Crippen molar-refractivity contribution in [3.63, 3.8) is 0 Å². The number of esters is 1. The highest BCUT2D eigenvalue weighted by Crippen LogP contribution is 2.44. The van der Waals surface area contributed by atoms with Crippen LogP contribution >= 0.6 is 0 Å². The number of piperidine rings is 1. The Balaban J connectivity index is 1.92. The molecule has 256 valence electrons. The van der Waals surface area contributed by atoms with Crippen LogP contribution in [0.3, 0.4) is 0 Å². The van der Waals surface area contributed by atoms with Crippen LogP contribution in [0.5, 0.6) is 11.5 Å². The third kappa shape index (κ3) is 7.90. The van der Waals surface area contributed by atoms with E-state index in [1.54, 1.807) is 29.3 Å². The van der Waals surface area contributed by atoms with Gasteiger partial charge in [0.05, 0.1) is 22.2 Å². The van der Waals surface area contributed by atoms with Gasteiger partial charge < -0.3 is 19.8 Å². The Morgan fingerprint density at radius 1 is 0.609 bits per heavy atom. The van der Waals surface area contributed by atoms with Crippen LogP contribution in [0, 0.1) is 0 Å². The van der Waals surface area contributed by atoms with Gasteiger partial charge in [-0.05, 0) is 73.6 Å². The van der Waals surface area contributed by atoms with E-state index in [1.165, 1.54) is 0 Å². The number of hydroxylamine groups is 2. The third-order valence-electron chi connectivity index (χ3n) is 8.93. The second kappa shape index (κ2) is 11.9. The predicted octanol–water partition coefficient (Wildman–Crippen LogP) is 9.24. The van der Waals surface area contributed by atoms with Crippen LogP contribution < -0.4 is 0 Å². The van der Waals surface area contributed by atoms with E-state index >= 15 is 0 Å². The lowest BCUT2D eigenvalue weighted by Gasteiger charge is -2.52. The van der Waals surface area contributed by atoms with Crippen LogP contribution in [0.2, 0.25) is 0 Å². The lowest BCUT2D eigenvalue weighted by Crippen LogP contribution is -2.62. The van der Waals surface area contributed by atoms with E-state index in [4.69, 9.17) is 9.57 Å². The number of carbonyl (C=O) groups excluding carboxylic acids is 2. The van der Waals surface area contributed by atoms with Gasteiger partial charge in [0.15, 0.2) is 0 Å². The Morgan fingerprint density at radius 3 is 1.17 bits per heavy atom. The van der Waals surface area contributed by atoms with Crippen molar-refractivity contribution in [2.45, 2.75) is 162 Å². The fourth-order valence-electron chi connectivity index (χ4n) is 6.65. The van der Waals surface area contributed by atoms with Crippen molar-refractivity contribution in [3.05, 3.63) is 57.6 Å². The van der Waals surface area contributed by atoms with Gasteiger partial charge in [-0.15, -0.1) is 5.06 Å². The quantitative estimate of drug-likeness (QED) is 0.323. The minimum atomic E-state index is -0.666. The molecule has 1 heterocycles. The van der Waals surface area contributed by atoms with Crippen molar-refractivity contribution >= 4 is 11.9 Å². The zero-order chi connectivity index (χ0) is 35.6. The molecule has 0 radical (unpaired) electrons. The molecule has 0 bridgehead atoms. The molecule has 0 amide bonds. The summed E-state index contributed by atoms with van der Waals surface area (Å²) < 4.78 is 6.17. The van der Waals surface area contributed by atoms with Crippen LogP contribution in [-0.2, 0) is 31.2 Å². The summed E-state index contributed by atoms with van der Waals surface area (Å²) in [5, 5.41) is 24.0. The molecule has 0 aromatic heterocycles. The fraction of sp³-hybridized carbons (Fsp3) is 0.641. The first-order valence-electron chi connectivity index (χ1n) is 16.5. The van der Waals surface area contributed by atoms with Crippen molar-refractivity contribution in [2.24, 2.45) is 0 Å². The smallest absolute Gasteiger partial charge is 0.357 e. The summed E-state index contributed by atoms with van der Waals surface area (Å²) in [4.78, 5) is 33.7. The predicted molar refractivity (Wildman–Crippen MR) is 185 cm³/mol. The number of aromatic hydroxyl groups is 2. The average molecular weight is 638 g/mol. The summed E-state index contributed by atoms with van der Waals surface area (Å²) >= 11 is 0. The topological polar surface area (TPSA) is 96.3 Å². The maximum atomic E-state index is 13.8. The largest absolute Gasteiger partial charge is 0.507 e. The highest BCUT2D eigenvalue weighted by molar-refractivity contribution is 5.91. The molecule has 0 spiro atoms. The highest BCUT2D eigenvalue weighted by atomic mass is 16.7. The maximum absolute atomic E-state index is 13.8. The summed E-state index contributed by atoms with van der Waals surface area (Å²) in [7, 11) is 0. The Kier molecular flexibility index (Phi) is 9.65. The van der Waals surface area contributed by atoms with E-state index in [0.717, 1.165) is 0 Å². The maximum Gasteiger partial charge on any atom is 0.357 e. The molecule has 1 aliphatic rings. The van der Waals surface area contributed by atoms with E-state index in [1.807, 2.05) is 111 Å². The molecule has 7 heteroatoms. The normalized spacial score (nSPS) is 17.9. The monoisotopic (exact) mass is 637 g/mol. The van der Waals surface area contributed by atoms with Crippen molar-refractivity contribution in [1.29, 1.82) is 0 Å². The number of ether oxygens (including phenoxy) is 1. The molecule has 46 heavy (non-hydrogen) atoms. The van der Waals surface area contributed by atoms with Gasteiger partial charge in [-0.3, -0.25) is 0 Å². The molecular weight excluding hydrogens is 578 g/mol. The Hall–Kier alpha value is -3.06. The van der Waals surface area contributed by atoms with Gasteiger partial charge in [0, 0.05) is 35.1 Å². The summed E-state index contributed by atoms with van der Waals surface area (Å²) in [6.07, 6.45) is 0.468. The van der Waals surface area contributed by atoms with Crippen molar-refractivity contribution in [2.75, 3.05) is 0 Å². The number of phenols is 2. The van der Waals surface area contributed by atoms with Crippen molar-refractivity contribution < 1.29 is 29.4 Å². The summed E-state index contributed by atoms with van der Waals surface area (Å²) in [5.74, 6) is -0.516. The molecule has 7 nitrogen and oxygen atoms in total. The molecule has 0 saturated carbocycles. The van der Waals surface area contributed by atoms with Gasteiger partial charge in [0.1, 0.15) is 17.6 Å². The molecule has 1 saturated heterocycles. The molecule has 2 N–H and O–H groups in total. The zero-order valence-electron chi connectivity index (χ0n) is 31.3. The van der Waals surface area contributed by atoms with Gasteiger partial charge in [-0.1, -0.05) is 83.1 Å². The number of nitrogens with zero attached hydrogens (tertiary/aromatic N) is 1. The first-order chi connectivity index (χ1) is 20.5. The molecule has 0 atom stereocenters. The number of rotatable bonds is 4. The molecule has 1 fully saturated rings. The minimum Gasteiger partial charge on any atom is -0.507 e. The lowest BCUT2D eigenvalue weighted by atomic mass is 9.78. The fourth-order valence-corrected chi connectivity index (χ4v) is 6.65. The van der Waals surface area contributed by atoms with Gasteiger partial charge in [-0.25, -0.2) is 9.59 Å². The number of hydrogen-bond acceptors (Lipinski definition) is 7. The first kappa shape index (κ1) is 37.4. The van der Waals surface area contributed by atoms with Gasteiger partial charge >= 0.3 is 11.9 Å². The molecule has 2 aromatic rings. The molecule has 0 unspecified atom stereocenters.